The average Bonchev–Trinajstić information content (AvgIpc) is 3.17. The third-order valence-electron chi connectivity index (χ3n) is 7.90. The Hall–Kier alpha value is -2.87. The van der Waals surface area contributed by atoms with Crippen LogP contribution in [0.4, 0.5) is 22.1 Å². The van der Waals surface area contributed by atoms with E-state index in [1.165, 1.54) is 18.4 Å². The zero-order chi connectivity index (χ0) is 23.8. The molecule has 0 bridgehead atoms. The molecule has 0 unspecified atom stereocenters. The second-order valence-electron chi connectivity index (χ2n) is 10.9. The lowest BCUT2D eigenvalue weighted by Crippen LogP contribution is -2.52. The second kappa shape index (κ2) is 9.06. The number of carbonyl (C=O) groups is 1. The van der Waals surface area contributed by atoms with Crippen molar-refractivity contribution < 1.29 is 4.79 Å². The molecule has 0 aliphatic carbocycles. The molecule has 5 rings (SSSR count). The molecule has 4 heterocycles. The maximum atomic E-state index is 12.9. The molecule has 0 radical (unpaired) electrons. The van der Waals surface area contributed by atoms with Crippen LogP contribution in [0.1, 0.15) is 45.1 Å². The summed E-state index contributed by atoms with van der Waals surface area (Å²) in [7, 11) is 1.86. The highest BCUT2D eigenvalue weighted by Gasteiger charge is 2.45. The van der Waals surface area contributed by atoms with Crippen LogP contribution in [0.2, 0.25) is 0 Å². The summed E-state index contributed by atoms with van der Waals surface area (Å²) in [6.07, 6.45) is 5.91. The monoisotopic (exact) mass is 463 g/mol. The lowest BCUT2D eigenvalue weighted by atomic mass is 9.82. The SMILES string of the molecule is CNc1cc(N2CCC3(CC2)CN(c2ccc(CN4CCC(C)(C)CC4)cc2)C(=O)N3)ncn1. The minimum absolute atomic E-state index is 0.0129. The average molecular weight is 464 g/mol. The molecule has 2 amide bonds. The van der Waals surface area contributed by atoms with Crippen LogP contribution in [0, 0.1) is 5.41 Å². The minimum Gasteiger partial charge on any atom is -0.373 e. The molecule has 182 valence electrons. The number of likely N-dealkylation sites (tertiary alicyclic amines) is 1. The van der Waals surface area contributed by atoms with E-state index in [0.29, 0.717) is 12.0 Å². The number of anilines is 3. The van der Waals surface area contributed by atoms with E-state index in [4.69, 9.17) is 0 Å². The van der Waals surface area contributed by atoms with Crippen LogP contribution in [0.15, 0.2) is 36.7 Å². The van der Waals surface area contributed by atoms with Gasteiger partial charge in [0, 0.05) is 38.4 Å². The van der Waals surface area contributed by atoms with Crippen molar-refractivity contribution in [1.29, 1.82) is 0 Å². The molecule has 2 aromatic rings. The topological polar surface area (TPSA) is 76.6 Å². The van der Waals surface area contributed by atoms with Gasteiger partial charge in [0.2, 0.25) is 0 Å². The Balaban J connectivity index is 1.18. The van der Waals surface area contributed by atoms with Crippen molar-refractivity contribution in [3.63, 3.8) is 0 Å². The Morgan fingerprint density at radius 1 is 1.00 bits per heavy atom. The van der Waals surface area contributed by atoms with Crippen LogP contribution < -0.4 is 20.4 Å². The number of aromatic nitrogens is 2. The van der Waals surface area contributed by atoms with Gasteiger partial charge in [0.1, 0.15) is 18.0 Å². The zero-order valence-corrected chi connectivity index (χ0v) is 20.7. The molecule has 1 aromatic heterocycles. The molecule has 0 saturated carbocycles. The summed E-state index contributed by atoms with van der Waals surface area (Å²) in [5, 5.41) is 6.38. The van der Waals surface area contributed by atoms with Gasteiger partial charge in [0.25, 0.3) is 0 Å². The van der Waals surface area contributed by atoms with Crippen LogP contribution in [0.25, 0.3) is 0 Å². The summed E-state index contributed by atoms with van der Waals surface area (Å²) >= 11 is 0. The van der Waals surface area contributed by atoms with E-state index in [2.05, 4.69) is 68.5 Å². The molecular formula is C26H37N7O. The maximum absolute atomic E-state index is 12.9. The van der Waals surface area contributed by atoms with Crippen molar-refractivity contribution >= 4 is 23.4 Å². The van der Waals surface area contributed by atoms with Crippen molar-refractivity contribution in [3.8, 4) is 0 Å². The number of benzene rings is 1. The second-order valence-corrected chi connectivity index (χ2v) is 10.9. The van der Waals surface area contributed by atoms with Crippen LogP contribution >= 0.6 is 0 Å². The molecule has 3 aliphatic heterocycles. The van der Waals surface area contributed by atoms with Crippen molar-refractivity contribution in [2.75, 3.05) is 54.9 Å². The number of nitrogens with one attached hydrogen (secondary N) is 2. The van der Waals surface area contributed by atoms with Gasteiger partial charge in [-0.25, -0.2) is 14.8 Å². The third kappa shape index (κ3) is 4.82. The van der Waals surface area contributed by atoms with E-state index in [-0.39, 0.29) is 11.6 Å². The van der Waals surface area contributed by atoms with Crippen LogP contribution in [-0.4, -0.2) is 66.2 Å². The first-order valence-electron chi connectivity index (χ1n) is 12.5. The number of rotatable bonds is 5. The standard InChI is InChI=1S/C26H37N7O/c1-25(2)8-12-31(13-9-25)17-20-4-6-21(7-5-20)33-18-26(30-24(33)34)10-14-32(15-11-26)23-16-22(27-3)28-19-29-23/h4-7,16,19H,8-15,17-18H2,1-3H3,(H,30,34)(H,27,28,29). The van der Waals surface area contributed by atoms with Crippen molar-refractivity contribution in [2.45, 2.75) is 51.6 Å². The fourth-order valence-electron chi connectivity index (χ4n) is 5.38. The van der Waals surface area contributed by atoms with Gasteiger partial charge >= 0.3 is 6.03 Å². The number of urea groups is 1. The highest BCUT2D eigenvalue weighted by atomic mass is 16.2. The summed E-state index contributed by atoms with van der Waals surface area (Å²) in [6.45, 7) is 10.5. The maximum Gasteiger partial charge on any atom is 0.322 e. The molecule has 8 heteroatoms. The lowest BCUT2D eigenvalue weighted by Gasteiger charge is -2.39. The predicted octanol–water partition coefficient (Wildman–Crippen LogP) is 3.71. The quantitative estimate of drug-likeness (QED) is 0.704. The molecule has 3 aliphatic rings. The molecule has 0 atom stereocenters. The third-order valence-corrected chi connectivity index (χ3v) is 7.90. The number of hydrogen-bond acceptors (Lipinski definition) is 6. The zero-order valence-electron chi connectivity index (χ0n) is 20.7. The molecular weight excluding hydrogens is 426 g/mol. The fourth-order valence-corrected chi connectivity index (χ4v) is 5.38. The van der Waals surface area contributed by atoms with Gasteiger partial charge < -0.3 is 15.5 Å². The molecule has 34 heavy (non-hydrogen) atoms. The summed E-state index contributed by atoms with van der Waals surface area (Å²) in [4.78, 5) is 28.3. The summed E-state index contributed by atoms with van der Waals surface area (Å²) in [5.74, 6) is 1.75. The van der Waals surface area contributed by atoms with Crippen LogP contribution in [0.3, 0.4) is 0 Å². The van der Waals surface area contributed by atoms with Crippen LogP contribution in [0.5, 0.6) is 0 Å². The Morgan fingerprint density at radius 3 is 2.38 bits per heavy atom. The van der Waals surface area contributed by atoms with E-state index in [0.717, 1.165) is 62.9 Å². The van der Waals surface area contributed by atoms with Gasteiger partial charge in [-0.2, -0.15) is 0 Å². The van der Waals surface area contributed by atoms with Gasteiger partial charge in [-0.15, -0.1) is 0 Å². The molecule has 8 nitrogen and oxygen atoms in total. The van der Waals surface area contributed by atoms with Gasteiger partial charge in [-0.05, 0) is 61.9 Å². The highest BCUT2D eigenvalue weighted by Crippen LogP contribution is 2.33. The largest absolute Gasteiger partial charge is 0.373 e. The normalized spacial score (nSPS) is 22.1. The summed E-state index contributed by atoms with van der Waals surface area (Å²) < 4.78 is 0. The Morgan fingerprint density at radius 2 is 1.71 bits per heavy atom. The summed E-state index contributed by atoms with van der Waals surface area (Å²) in [6, 6.07) is 10.6. The van der Waals surface area contributed by atoms with Crippen molar-refractivity contribution in [1.82, 2.24) is 20.2 Å². The lowest BCUT2D eigenvalue weighted by molar-refractivity contribution is 0.127. The highest BCUT2D eigenvalue weighted by molar-refractivity contribution is 5.95. The molecule has 1 aromatic carbocycles. The Bertz CT molecular complexity index is 1000. The number of piperidine rings is 2. The molecule has 3 fully saturated rings. The fraction of sp³-hybridized carbons (Fsp3) is 0.577. The Labute approximate surface area is 202 Å². The summed E-state index contributed by atoms with van der Waals surface area (Å²) in [5.41, 5.74) is 2.60. The van der Waals surface area contributed by atoms with E-state index >= 15 is 0 Å². The van der Waals surface area contributed by atoms with Crippen molar-refractivity contribution in [2.24, 2.45) is 5.41 Å². The smallest absolute Gasteiger partial charge is 0.322 e. The van der Waals surface area contributed by atoms with E-state index in [1.807, 2.05) is 18.0 Å². The number of hydrogen-bond donors (Lipinski definition) is 2. The van der Waals surface area contributed by atoms with Gasteiger partial charge in [-0.1, -0.05) is 26.0 Å². The Kier molecular flexibility index (Phi) is 6.10. The first kappa shape index (κ1) is 22.9. The molecule has 1 spiro atoms. The molecule has 2 N–H and O–H groups in total. The molecule has 3 saturated heterocycles. The first-order chi connectivity index (χ1) is 16.3. The number of carbonyl (C=O) groups excluding carboxylic acids is 1. The van der Waals surface area contributed by atoms with E-state index in [9.17, 15) is 4.79 Å². The van der Waals surface area contributed by atoms with Gasteiger partial charge in [0.15, 0.2) is 0 Å². The van der Waals surface area contributed by atoms with Gasteiger partial charge in [-0.3, -0.25) is 9.80 Å². The predicted molar refractivity (Wildman–Crippen MR) is 136 cm³/mol. The number of nitrogens with zero attached hydrogens (tertiary/aromatic N) is 5. The minimum atomic E-state index is -0.175. The van der Waals surface area contributed by atoms with E-state index in [1.54, 1.807) is 6.33 Å². The van der Waals surface area contributed by atoms with E-state index < -0.39 is 0 Å². The van der Waals surface area contributed by atoms with Crippen LogP contribution in [-0.2, 0) is 6.54 Å². The number of amides is 2. The van der Waals surface area contributed by atoms with Crippen molar-refractivity contribution in [3.05, 3.63) is 42.2 Å². The van der Waals surface area contributed by atoms with Gasteiger partial charge in [0.05, 0.1) is 12.1 Å². The first-order valence-corrected chi connectivity index (χ1v) is 12.5.